The summed E-state index contributed by atoms with van der Waals surface area (Å²) in [7, 11) is 1.68. The molecule has 3 fully saturated rings. The Balaban J connectivity index is 1.14. The van der Waals surface area contributed by atoms with Crippen molar-refractivity contribution in [1.29, 1.82) is 0 Å². The molecule has 1 amide bonds. The summed E-state index contributed by atoms with van der Waals surface area (Å²) >= 11 is 0. The monoisotopic (exact) mass is 622 g/mol. The first-order valence-corrected chi connectivity index (χ1v) is 16.4. The van der Waals surface area contributed by atoms with Crippen molar-refractivity contribution in [2.75, 3.05) is 62.8 Å². The van der Waals surface area contributed by atoms with Gasteiger partial charge in [0.25, 0.3) is 6.43 Å². The molecule has 2 aromatic heterocycles. The molecule has 0 saturated carbocycles. The third-order valence-electron chi connectivity index (χ3n) is 10.9. The number of aryl methyl sites for hydroxylation is 1. The summed E-state index contributed by atoms with van der Waals surface area (Å²) in [6.45, 7) is 12.8. The summed E-state index contributed by atoms with van der Waals surface area (Å²) < 4.78 is 41.5. The number of fused-ring (bicyclic) bond motifs is 5. The number of alkyl halides is 2. The van der Waals surface area contributed by atoms with E-state index in [9.17, 15) is 13.6 Å². The summed E-state index contributed by atoms with van der Waals surface area (Å²) in [4.78, 5) is 30.3. The largest absolute Gasteiger partial charge is 0.382 e. The Bertz CT molecular complexity index is 1470. The van der Waals surface area contributed by atoms with Gasteiger partial charge in [0.15, 0.2) is 0 Å². The number of ether oxygens (including phenoxy) is 2. The Morgan fingerprint density at radius 3 is 2.73 bits per heavy atom. The molecule has 9 nitrogen and oxygen atoms in total. The van der Waals surface area contributed by atoms with Crippen LogP contribution in [0.3, 0.4) is 0 Å². The summed E-state index contributed by atoms with van der Waals surface area (Å²) in [5, 5.41) is 0. The van der Waals surface area contributed by atoms with Gasteiger partial charge in [-0.1, -0.05) is 6.58 Å². The number of hydrogen-bond acceptors (Lipinski definition) is 8. The zero-order chi connectivity index (χ0) is 31.5. The van der Waals surface area contributed by atoms with E-state index >= 15 is 0 Å². The van der Waals surface area contributed by atoms with E-state index in [1.54, 1.807) is 7.11 Å². The standard InChI is InChI=1S/C34H44F2N6O3/c1-5-29(43)40-15-13-39(14-16-40)26-19-42-24(26)8-6-7-23-25(42)17-28(38-31(23)33(35)36)41-12-10-34(18-22(41)3)30-21(2)9-11-37-32(30)27(45-34)20-44-4/h5,9,11,17,22,24,26-27,33H,1,6-8,10,12-16,18-20H2,2-4H3. The Kier molecular flexibility index (Phi) is 8.06. The van der Waals surface area contributed by atoms with E-state index in [0.717, 1.165) is 55.0 Å². The molecule has 0 N–H and O–H groups in total. The normalized spacial score (nSPS) is 29.7. The third kappa shape index (κ3) is 5.11. The van der Waals surface area contributed by atoms with E-state index in [-0.39, 0.29) is 29.8 Å². The predicted octanol–water partition coefficient (Wildman–Crippen LogP) is 4.55. The van der Waals surface area contributed by atoms with Gasteiger partial charge < -0.3 is 24.2 Å². The van der Waals surface area contributed by atoms with E-state index in [0.29, 0.717) is 62.9 Å². The number of pyridine rings is 2. The number of carbonyl (C=O) groups excluding carboxylic acids is 1. The number of carbonyl (C=O) groups is 1. The van der Waals surface area contributed by atoms with Crippen LogP contribution in [-0.4, -0.2) is 96.8 Å². The van der Waals surface area contributed by atoms with Crippen LogP contribution in [0.4, 0.5) is 20.3 Å². The maximum absolute atomic E-state index is 14.7. The lowest BCUT2D eigenvalue weighted by Gasteiger charge is -2.55. The number of amides is 1. The molecular weight excluding hydrogens is 578 g/mol. The topological polar surface area (TPSA) is 74.3 Å². The van der Waals surface area contributed by atoms with E-state index < -0.39 is 12.0 Å². The molecule has 5 aliphatic heterocycles. The number of halogens is 2. The second-order valence-corrected chi connectivity index (χ2v) is 13.3. The second kappa shape index (κ2) is 11.9. The van der Waals surface area contributed by atoms with Gasteiger partial charge in [0.2, 0.25) is 5.91 Å². The minimum Gasteiger partial charge on any atom is -0.382 e. The zero-order valence-corrected chi connectivity index (χ0v) is 26.6. The Morgan fingerprint density at radius 1 is 1.22 bits per heavy atom. The molecule has 7 heterocycles. The van der Waals surface area contributed by atoms with Crippen molar-refractivity contribution in [2.24, 2.45) is 0 Å². The highest BCUT2D eigenvalue weighted by atomic mass is 19.3. The van der Waals surface area contributed by atoms with Crippen molar-refractivity contribution >= 4 is 17.4 Å². The highest BCUT2D eigenvalue weighted by Crippen LogP contribution is 2.52. The van der Waals surface area contributed by atoms with Crippen LogP contribution in [0.5, 0.6) is 0 Å². The van der Waals surface area contributed by atoms with Crippen LogP contribution in [0, 0.1) is 6.92 Å². The maximum Gasteiger partial charge on any atom is 0.280 e. The van der Waals surface area contributed by atoms with Crippen LogP contribution in [0.25, 0.3) is 0 Å². The highest BCUT2D eigenvalue weighted by molar-refractivity contribution is 5.87. The molecule has 11 heteroatoms. The van der Waals surface area contributed by atoms with Gasteiger partial charge in [-0.3, -0.25) is 14.7 Å². The number of rotatable bonds is 6. The van der Waals surface area contributed by atoms with Crippen LogP contribution >= 0.6 is 0 Å². The molecule has 0 bridgehead atoms. The van der Waals surface area contributed by atoms with Gasteiger partial charge in [0.05, 0.1) is 17.9 Å². The lowest BCUT2D eigenvalue weighted by Crippen LogP contribution is -2.69. The molecule has 7 rings (SSSR count). The molecule has 1 spiro atoms. The summed E-state index contributed by atoms with van der Waals surface area (Å²) in [5.74, 6) is 0.609. The molecular formula is C34H44F2N6O3. The summed E-state index contributed by atoms with van der Waals surface area (Å²) in [6, 6.07) is 4.76. The van der Waals surface area contributed by atoms with Crippen molar-refractivity contribution < 1.29 is 23.0 Å². The van der Waals surface area contributed by atoms with Gasteiger partial charge in [0.1, 0.15) is 17.6 Å². The van der Waals surface area contributed by atoms with Crippen molar-refractivity contribution in [3.63, 3.8) is 0 Å². The first kappa shape index (κ1) is 30.5. The van der Waals surface area contributed by atoms with Crippen LogP contribution in [0.2, 0.25) is 0 Å². The zero-order valence-electron chi connectivity index (χ0n) is 26.6. The summed E-state index contributed by atoms with van der Waals surface area (Å²) in [6.07, 6.45) is 4.21. The fourth-order valence-electron chi connectivity index (χ4n) is 8.76. The number of methoxy groups -OCH3 is 1. The minimum atomic E-state index is -2.64. The van der Waals surface area contributed by atoms with Gasteiger partial charge in [-0.05, 0) is 57.2 Å². The van der Waals surface area contributed by atoms with Gasteiger partial charge in [-0.25, -0.2) is 13.8 Å². The van der Waals surface area contributed by atoms with Crippen molar-refractivity contribution in [3.05, 3.63) is 59.1 Å². The van der Waals surface area contributed by atoms with Crippen LogP contribution in [0.15, 0.2) is 31.0 Å². The Morgan fingerprint density at radius 2 is 2.02 bits per heavy atom. The Labute approximate surface area is 264 Å². The summed E-state index contributed by atoms with van der Waals surface area (Å²) in [5.41, 5.74) is 4.34. The van der Waals surface area contributed by atoms with Gasteiger partial charge in [-0.15, -0.1) is 0 Å². The van der Waals surface area contributed by atoms with Crippen molar-refractivity contribution in [1.82, 2.24) is 19.8 Å². The fraction of sp³-hybridized carbons (Fsp3) is 0.618. The third-order valence-corrected chi connectivity index (χ3v) is 10.9. The van der Waals surface area contributed by atoms with Crippen LogP contribution in [0.1, 0.15) is 73.2 Å². The Hall–Kier alpha value is -3.15. The number of aromatic nitrogens is 2. The molecule has 2 aromatic rings. The average Bonchev–Trinajstić information content (AvgIpc) is 3.23. The smallest absolute Gasteiger partial charge is 0.280 e. The first-order chi connectivity index (χ1) is 21.7. The van der Waals surface area contributed by atoms with Gasteiger partial charge in [0, 0.05) is 100 Å². The van der Waals surface area contributed by atoms with Crippen LogP contribution < -0.4 is 9.80 Å². The highest BCUT2D eigenvalue weighted by Gasteiger charge is 2.51. The molecule has 45 heavy (non-hydrogen) atoms. The molecule has 5 atom stereocenters. The molecule has 0 radical (unpaired) electrons. The molecule has 0 aliphatic carbocycles. The minimum absolute atomic E-state index is 0.0175. The molecule has 5 unspecified atom stereocenters. The quantitative estimate of drug-likeness (QED) is 0.435. The number of anilines is 2. The molecule has 5 aliphatic rings. The van der Waals surface area contributed by atoms with Crippen molar-refractivity contribution in [2.45, 2.75) is 82.2 Å². The molecule has 3 saturated heterocycles. The number of hydrogen-bond donors (Lipinski definition) is 0. The lowest BCUT2D eigenvalue weighted by molar-refractivity contribution is -0.128. The predicted molar refractivity (Wildman–Crippen MR) is 168 cm³/mol. The lowest BCUT2D eigenvalue weighted by atomic mass is 9.79. The average molecular weight is 623 g/mol. The van der Waals surface area contributed by atoms with E-state index in [2.05, 4.69) is 46.2 Å². The molecule has 0 aromatic carbocycles. The van der Waals surface area contributed by atoms with Gasteiger partial charge >= 0.3 is 0 Å². The van der Waals surface area contributed by atoms with E-state index in [1.165, 1.54) is 6.08 Å². The van der Waals surface area contributed by atoms with E-state index in [1.807, 2.05) is 17.2 Å². The fourth-order valence-corrected chi connectivity index (χ4v) is 8.76. The number of piperazine rings is 1. The molecule has 242 valence electrons. The van der Waals surface area contributed by atoms with E-state index in [4.69, 9.17) is 14.5 Å². The van der Waals surface area contributed by atoms with Gasteiger partial charge in [-0.2, -0.15) is 0 Å². The number of nitrogens with zero attached hydrogens (tertiary/aromatic N) is 6. The maximum atomic E-state index is 14.7. The number of piperidine rings is 1. The van der Waals surface area contributed by atoms with Crippen LogP contribution in [-0.2, 0) is 26.3 Å². The SMILES string of the molecule is C=CC(=O)N1CCN(C2CN3c4cc(N5CCC6(CC5C)OC(COC)c5nccc(C)c56)nc(C(F)F)c4CCCC23)CC1. The second-order valence-electron chi connectivity index (χ2n) is 13.3. The van der Waals surface area contributed by atoms with Crippen molar-refractivity contribution in [3.8, 4) is 0 Å². The first-order valence-electron chi connectivity index (χ1n) is 16.4.